The minimum absolute atomic E-state index is 0.125. The quantitative estimate of drug-likeness (QED) is 0.859. The Bertz CT molecular complexity index is 655. The molecule has 0 bridgehead atoms. The third-order valence-corrected chi connectivity index (χ3v) is 2.51. The molecule has 0 aliphatic heterocycles. The van der Waals surface area contributed by atoms with Crippen molar-refractivity contribution in [2.75, 3.05) is 5.32 Å². The van der Waals surface area contributed by atoms with Crippen molar-refractivity contribution in [2.24, 2.45) is 0 Å². The lowest BCUT2D eigenvalue weighted by Crippen LogP contribution is -2.27. The number of ether oxygens (including phenoxy) is 1. The number of carbonyl (C=O) groups is 1. The van der Waals surface area contributed by atoms with Gasteiger partial charge in [0.1, 0.15) is 11.4 Å². The van der Waals surface area contributed by atoms with Crippen molar-refractivity contribution in [3.8, 4) is 11.3 Å². The first-order valence-electron chi connectivity index (χ1n) is 6.29. The minimum atomic E-state index is -0.586. The number of aromatic nitrogens is 3. The molecular weight excluding hydrogens is 292 g/mol. The predicted molar refractivity (Wildman–Crippen MR) is 80.1 cm³/mol. The molecule has 0 aromatic carbocycles. The first-order valence-corrected chi connectivity index (χ1v) is 6.67. The first kappa shape index (κ1) is 15.2. The fourth-order valence-electron chi connectivity index (χ4n) is 1.60. The molecule has 0 spiro atoms. The molecule has 2 rings (SSSR count). The molecule has 0 aliphatic rings. The highest BCUT2D eigenvalue weighted by Crippen LogP contribution is 2.25. The van der Waals surface area contributed by atoms with E-state index in [1.54, 1.807) is 45.2 Å². The summed E-state index contributed by atoms with van der Waals surface area (Å²) < 4.78 is 5.21. The maximum atomic E-state index is 11.8. The van der Waals surface area contributed by atoms with Crippen LogP contribution in [0, 0.1) is 0 Å². The van der Waals surface area contributed by atoms with E-state index in [4.69, 9.17) is 16.3 Å². The highest BCUT2D eigenvalue weighted by atomic mass is 35.5. The highest BCUT2D eigenvalue weighted by molar-refractivity contribution is 6.28. The lowest BCUT2D eigenvalue weighted by Gasteiger charge is -2.20. The summed E-state index contributed by atoms with van der Waals surface area (Å²) in [5.74, 6) is 0.349. The summed E-state index contributed by atoms with van der Waals surface area (Å²) in [5.41, 5.74) is 0.610. The van der Waals surface area contributed by atoms with E-state index in [1.165, 1.54) is 6.20 Å². The number of pyridine rings is 1. The molecule has 1 N–H and O–H groups in total. The van der Waals surface area contributed by atoms with Gasteiger partial charge in [-0.25, -0.2) is 19.7 Å². The fraction of sp³-hybridized carbons (Fsp3) is 0.286. The van der Waals surface area contributed by atoms with Gasteiger partial charge in [0.15, 0.2) is 0 Å². The van der Waals surface area contributed by atoms with Crippen LogP contribution in [0.2, 0.25) is 5.28 Å². The zero-order valence-corrected chi connectivity index (χ0v) is 12.7. The molecule has 21 heavy (non-hydrogen) atoms. The summed E-state index contributed by atoms with van der Waals surface area (Å²) in [6, 6.07) is 5.20. The molecule has 0 saturated carbocycles. The van der Waals surface area contributed by atoms with Gasteiger partial charge in [0.2, 0.25) is 5.28 Å². The molecule has 2 aromatic rings. The Kier molecular flexibility index (Phi) is 4.37. The Balaban J connectivity index is 2.28. The zero-order chi connectivity index (χ0) is 15.5. The number of hydrogen-bond acceptors (Lipinski definition) is 5. The van der Waals surface area contributed by atoms with Crippen molar-refractivity contribution in [3.63, 3.8) is 0 Å². The van der Waals surface area contributed by atoms with E-state index in [1.807, 2.05) is 0 Å². The Morgan fingerprint density at radius 2 is 2.00 bits per heavy atom. The standard InChI is InChI=1S/C14H15ClN4O2/c1-14(2,3)21-13(20)19-11-9(5-4-7-16-11)10-6-8-17-12(15)18-10/h4-8H,1-3H3,(H,16,19,20). The van der Waals surface area contributed by atoms with Gasteiger partial charge >= 0.3 is 6.09 Å². The van der Waals surface area contributed by atoms with Crippen LogP contribution in [0.4, 0.5) is 10.6 Å². The smallest absolute Gasteiger partial charge is 0.413 e. The van der Waals surface area contributed by atoms with Crippen LogP contribution >= 0.6 is 11.6 Å². The highest BCUT2D eigenvalue weighted by Gasteiger charge is 2.18. The van der Waals surface area contributed by atoms with Gasteiger partial charge in [0.05, 0.1) is 5.69 Å². The lowest BCUT2D eigenvalue weighted by atomic mass is 10.2. The maximum Gasteiger partial charge on any atom is 0.413 e. The van der Waals surface area contributed by atoms with E-state index in [9.17, 15) is 4.79 Å². The van der Waals surface area contributed by atoms with Gasteiger partial charge < -0.3 is 4.74 Å². The third kappa shape index (κ3) is 4.39. The van der Waals surface area contributed by atoms with E-state index < -0.39 is 11.7 Å². The van der Waals surface area contributed by atoms with Gasteiger partial charge in [-0.3, -0.25) is 5.32 Å². The number of anilines is 1. The molecule has 0 aliphatic carbocycles. The van der Waals surface area contributed by atoms with Crippen LogP contribution in [-0.4, -0.2) is 26.6 Å². The molecular formula is C14H15ClN4O2. The normalized spacial score (nSPS) is 11.0. The summed E-state index contributed by atoms with van der Waals surface area (Å²) in [5, 5.41) is 2.73. The van der Waals surface area contributed by atoms with E-state index >= 15 is 0 Å². The number of nitrogens with one attached hydrogen (secondary N) is 1. The average molecular weight is 307 g/mol. The zero-order valence-electron chi connectivity index (χ0n) is 11.9. The van der Waals surface area contributed by atoms with Gasteiger partial charge in [-0.1, -0.05) is 0 Å². The van der Waals surface area contributed by atoms with Gasteiger partial charge in [-0.15, -0.1) is 0 Å². The minimum Gasteiger partial charge on any atom is -0.444 e. The third-order valence-electron chi connectivity index (χ3n) is 2.33. The molecule has 2 heterocycles. The molecule has 110 valence electrons. The maximum absolute atomic E-state index is 11.8. The molecule has 7 heteroatoms. The van der Waals surface area contributed by atoms with Crippen LogP contribution in [0.25, 0.3) is 11.3 Å². The number of rotatable bonds is 2. The Morgan fingerprint density at radius 1 is 1.24 bits per heavy atom. The van der Waals surface area contributed by atoms with Crippen LogP contribution in [0.3, 0.4) is 0 Å². The summed E-state index contributed by atoms with van der Waals surface area (Å²) in [6.45, 7) is 5.36. The molecule has 0 atom stereocenters. The second-order valence-electron chi connectivity index (χ2n) is 5.24. The van der Waals surface area contributed by atoms with Crippen LogP contribution in [0.5, 0.6) is 0 Å². The number of halogens is 1. The number of carbonyl (C=O) groups excluding carboxylic acids is 1. The van der Waals surface area contributed by atoms with E-state index in [0.29, 0.717) is 17.1 Å². The van der Waals surface area contributed by atoms with Crippen LogP contribution in [-0.2, 0) is 4.74 Å². The molecule has 0 radical (unpaired) electrons. The van der Waals surface area contributed by atoms with Crippen LogP contribution in [0.1, 0.15) is 20.8 Å². The van der Waals surface area contributed by atoms with Gasteiger partial charge in [0.25, 0.3) is 0 Å². The van der Waals surface area contributed by atoms with Crippen molar-refractivity contribution in [3.05, 3.63) is 35.9 Å². The number of amides is 1. The molecule has 6 nitrogen and oxygen atoms in total. The van der Waals surface area contributed by atoms with Crippen LogP contribution in [0.15, 0.2) is 30.6 Å². The molecule has 0 fully saturated rings. The predicted octanol–water partition coefficient (Wildman–Crippen LogP) is 3.54. The summed E-state index contributed by atoms with van der Waals surface area (Å²) in [7, 11) is 0. The Labute approximate surface area is 127 Å². The molecule has 1 amide bonds. The molecule has 2 aromatic heterocycles. The van der Waals surface area contributed by atoms with Crippen molar-refractivity contribution >= 4 is 23.5 Å². The number of hydrogen-bond donors (Lipinski definition) is 1. The first-order chi connectivity index (χ1) is 9.85. The fourth-order valence-corrected chi connectivity index (χ4v) is 1.74. The van der Waals surface area contributed by atoms with Gasteiger partial charge in [-0.2, -0.15) is 0 Å². The van der Waals surface area contributed by atoms with Gasteiger partial charge in [-0.05, 0) is 50.6 Å². The summed E-state index contributed by atoms with van der Waals surface area (Å²) >= 11 is 5.79. The Morgan fingerprint density at radius 3 is 2.67 bits per heavy atom. The van der Waals surface area contributed by atoms with Crippen molar-refractivity contribution in [1.29, 1.82) is 0 Å². The molecule has 0 unspecified atom stereocenters. The monoisotopic (exact) mass is 306 g/mol. The second-order valence-corrected chi connectivity index (χ2v) is 5.58. The SMILES string of the molecule is CC(C)(C)OC(=O)Nc1ncccc1-c1ccnc(Cl)n1. The van der Waals surface area contributed by atoms with Crippen molar-refractivity contribution in [1.82, 2.24) is 15.0 Å². The largest absolute Gasteiger partial charge is 0.444 e. The second kappa shape index (κ2) is 6.05. The van der Waals surface area contributed by atoms with Gasteiger partial charge in [0, 0.05) is 18.0 Å². The topological polar surface area (TPSA) is 77.0 Å². The summed E-state index contributed by atoms with van der Waals surface area (Å²) in [6.07, 6.45) is 2.52. The Hall–Kier alpha value is -2.21. The van der Waals surface area contributed by atoms with Crippen LogP contribution < -0.4 is 5.32 Å². The van der Waals surface area contributed by atoms with E-state index in [-0.39, 0.29) is 5.28 Å². The van der Waals surface area contributed by atoms with Crippen molar-refractivity contribution in [2.45, 2.75) is 26.4 Å². The van der Waals surface area contributed by atoms with E-state index in [2.05, 4.69) is 20.3 Å². The van der Waals surface area contributed by atoms with Crippen molar-refractivity contribution < 1.29 is 9.53 Å². The summed E-state index contributed by atoms with van der Waals surface area (Å²) in [4.78, 5) is 23.9. The number of nitrogens with zero attached hydrogens (tertiary/aromatic N) is 3. The lowest BCUT2D eigenvalue weighted by molar-refractivity contribution is 0.0635. The van der Waals surface area contributed by atoms with E-state index in [0.717, 1.165) is 0 Å². The average Bonchev–Trinajstić information content (AvgIpc) is 2.37. The molecule has 0 saturated heterocycles.